The monoisotopic (exact) mass is 432 g/mol. The van der Waals surface area contributed by atoms with Gasteiger partial charge in [0.2, 0.25) is 0 Å². The molecule has 148 valence electrons. The molecule has 1 amide bonds. The van der Waals surface area contributed by atoms with Gasteiger partial charge in [-0.3, -0.25) is 24.4 Å². The van der Waals surface area contributed by atoms with E-state index in [1.165, 1.54) is 41.1 Å². The van der Waals surface area contributed by atoms with Gasteiger partial charge in [0.1, 0.15) is 5.82 Å². The van der Waals surface area contributed by atoms with E-state index in [2.05, 4.69) is 10.4 Å². The van der Waals surface area contributed by atoms with Crippen molar-refractivity contribution in [1.82, 2.24) is 9.78 Å². The summed E-state index contributed by atoms with van der Waals surface area (Å²) >= 11 is 12.0. The first kappa shape index (κ1) is 20.5. The third-order valence-electron chi connectivity index (χ3n) is 4.18. The van der Waals surface area contributed by atoms with Gasteiger partial charge < -0.3 is 5.32 Å². The zero-order valence-electron chi connectivity index (χ0n) is 15.3. The van der Waals surface area contributed by atoms with Gasteiger partial charge in [-0.05, 0) is 31.2 Å². The molecular weight excluding hydrogens is 419 g/mol. The van der Waals surface area contributed by atoms with Crippen molar-refractivity contribution in [3.8, 4) is 0 Å². The molecule has 0 saturated heterocycles. The zero-order chi connectivity index (χ0) is 21.3. The summed E-state index contributed by atoms with van der Waals surface area (Å²) in [5, 5.41) is 18.3. The number of halogens is 2. The molecule has 8 nitrogen and oxygen atoms in total. The van der Waals surface area contributed by atoms with Gasteiger partial charge in [0.15, 0.2) is 5.78 Å². The van der Waals surface area contributed by atoms with Crippen LogP contribution < -0.4 is 5.32 Å². The molecule has 0 aliphatic carbocycles. The van der Waals surface area contributed by atoms with E-state index in [1.54, 1.807) is 14.0 Å². The van der Waals surface area contributed by atoms with E-state index >= 15 is 0 Å². The van der Waals surface area contributed by atoms with Crippen LogP contribution in [0.25, 0.3) is 0 Å². The van der Waals surface area contributed by atoms with Crippen LogP contribution in [0.5, 0.6) is 0 Å². The second kappa shape index (κ2) is 8.02. The second-order valence-corrected chi connectivity index (χ2v) is 6.99. The molecule has 0 atom stereocenters. The molecule has 0 radical (unpaired) electrons. The predicted octanol–water partition coefficient (Wildman–Crippen LogP) is 4.43. The molecular formula is C19H14Cl2N4O4. The number of ketones is 1. The summed E-state index contributed by atoms with van der Waals surface area (Å²) in [6.07, 6.45) is 0. The van der Waals surface area contributed by atoms with Gasteiger partial charge in [-0.2, -0.15) is 5.10 Å². The Hall–Kier alpha value is -3.23. The number of rotatable bonds is 5. The standard InChI is InChI=1S/C19H14Cl2N4O4/c1-10-16(17(26)14-7-6-12(20)9-15(14)21)18(24(2)23-10)22-19(27)11-4-3-5-13(8-11)25(28)29/h3-9H,1-2H3,(H,22,27). The van der Waals surface area contributed by atoms with E-state index in [0.29, 0.717) is 10.7 Å². The van der Waals surface area contributed by atoms with E-state index in [4.69, 9.17) is 23.2 Å². The fourth-order valence-corrected chi connectivity index (χ4v) is 3.32. The van der Waals surface area contributed by atoms with Crippen LogP contribution in [0.3, 0.4) is 0 Å². The van der Waals surface area contributed by atoms with E-state index < -0.39 is 16.6 Å². The summed E-state index contributed by atoms with van der Waals surface area (Å²) in [7, 11) is 1.57. The molecule has 1 aromatic heterocycles. The molecule has 10 heteroatoms. The van der Waals surface area contributed by atoms with Crippen molar-refractivity contribution < 1.29 is 14.5 Å². The number of nitrogens with zero attached hydrogens (tertiary/aromatic N) is 3. The number of non-ortho nitro benzene ring substituents is 1. The van der Waals surface area contributed by atoms with Crippen LogP contribution in [-0.2, 0) is 7.05 Å². The van der Waals surface area contributed by atoms with Gasteiger partial charge in [0.25, 0.3) is 11.6 Å². The third kappa shape index (κ3) is 4.13. The van der Waals surface area contributed by atoms with Crippen molar-refractivity contribution in [3.05, 3.63) is 85.0 Å². The lowest BCUT2D eigenvalue weighted by Crippen LogP contribution is -2.17. The highest BCUT2D eigenvalue weighted by molar-refractivity contribution is 6.37. The number of anilines is 1. The highest BCUT2D eigenvalue weighted by Gasteiger charge is 2.25. The van der Waals surface area contributed by atoms with Crippen LogP contribution in [0.15, 0.2) is 42.5 Å². The minimum absolute atomic E-state index is 0.0703. The minimum atomic E-state index is -0.618. The lowest BCUT2D eigenvalue weighted by Gasteiger charge is -2.09. The zero-order valence-corrected chi connectivity index (χ0v) is 16.8. The lowest BCUT2D eigenvalue weighted by molar-refractivity contribution is -0.384. The van der Waals surface area contributed by atoms with E-state index in [-0.39, 0.29) is 33.2 Å². The van der Waals surface area contributed by atoms with Crippen LogP contribution in [-0.4, -0.2) is 26.4 Å². The van der Waals surface area contributed by atoms with Gasteiger partial charge >= 0.3 is 0 Å². The van der Waals surface area contributed by atoms with Crippen molar-refractivity contribution in [2.24, 2.45) is 7.05 Å². The van der Waals surface area contributed by atoms with Crippen molar-refractivity contribution in [2.45, 2.75) is 6.92 Å². The highest BCUT2D eigenvalue weighted by atomic mass is 35.5. The number of hydrogen-bond acceptors (Lipinski definition) is 5. The Bertz CT molecular complexity index is 1160. The normalized spacial score (nSPS) is 10.6. The number of nitro groups is 1. The quantitative estimate of drug-likeness (QED) is 0.364. The fourth-order valence-electron chi connectivity index (χ4n) is 2.82. The lowest BCUT2D eigenvalue weighted by atomic mass is 10.0. The number of carbonyl (C=O) groups is 2. The third-order valence-corrected chi connectivity index (χ3v) is 4.72. The number of nitrogens with one attached hydrogen (secondary N) is 1. The van der Waals surface area contributed by atoms with Gasteiger partial charge in [-0.25, -0.2) is 0 Å². The second-order valence-electron chi connectivity index (χ2n) is 6.15. The Morgan fingerprint density at radius 1 is 1.17 bits per heavy atom. The summed E-state index contributed by atoms with van der Waals surface area (Å²) < 4.78 is 1.35. The molecule has 1 heterocycles. The topological polar surface area (TPSA) is 107 Å². The van der Waals surface area contributed by atoms with E-state index in [0.717, 1.165) is 6.07 Å². The number of nitro benzene ring substituents is 1. The molecule has 0 fully saturated rings. The van der Waals surface area contributed by atoms with Crippen LogP contribution in [0.4, 0.5) is 11.5 Å². The average molecular weight is 433 g/mol. The molecule has 0 aliphatic heterocycles. The Balaban J connectivity index is 1.99. The van der Waals surface area contributed by atoms with E-state index in [1.807, 2.05) is 0 Å². The first-order valence-electron chi connectivity index (χ1n) is 8.28. The summed E-state index contributed by atoms with van der Waals surface area (Å²) in [4.78, 5) is 36.1. The average Bonchev–Trinajstić information content (AvgIpc) is 2.94. The van der Waals surface area contributed by atoms with E-state index in [9.17, 15) is 19.7 Å². The van der Waals surface area contributed by atoms with Gasteiger partial charge in [-0.1, -0.05) is 29.3 Å². The predicted molar refractivity (Wildman–Crippen MR) is 109 cm³/mol. The number of aromatic nitrogens is 2. The van der Waals surface area contributed by atoms with Crippen molar-refractivity contribution in [3.63, 3.8) is 0 Å². The Labute approximate surface area is 175 Å². The maximum Gasteiger partial charge on any atom is 0.270 e. The summed E-state index contributed by atoms with van der Waals surface area (Å²) in [6, 6.07) is 9.74. The summed E-state index contributed by atoms with van der Waals surface area (Å²) in [5.41, 5.74) is 0.607. The Kier molecular flexibility index (Phi) is 5.67. The molecule has 29 heavy (non-hydrogen) atoms. The molecule has 3 aromatic rings. The Morgan fingerprint density at radius 3 is 2.55 bits per heavy atom. The van der Waals surface area contributed by atoms with Gasteiger partial charge in [-0.15, -0.1) is 0 Å². The first-order chi connectivity index (χ1) is 13.7. The number of carbonyl (C=O) groups excluding carboxylic acids is 2. The van der Waals surface area contributed by atoms with Gasteiger partial charge in [0.05, 0.1) is 21.2 Å². The number of hydrogen-bond donors (Lipinski definition) is 1. The molecule has 3 rings (SSSR count). The Morgan fingerprint density at radius 2 is 1.90 bits per heavy atom. The number of benzene rings is 2. The number of aryl methyl sites for hydroxylation is 2. The molecule has 0 saturated carbocycles. The molecule has 2 aromatic carbocycles. The van der Waals surface area contributed by atoms with Crippen molar-refractivity contribution >= 4 is 46.4 Å². The summed E-state index contributed by atoms with van der Waals surface area (Å²) in [6.45, 7) is 1.63. The van der Waals surface area contributed by atoms with Crippen LogP contribution >= 0.6 is 23.2 Å². The smallest absolute Gasteiger partial charge is 0.270 e. The molecule has 0 bridgehead atoms. The SMILES string of the molecule is Cc1nn(C)c(NC(=O)c2cccc([N+](=O)[O-])c2)c1C(=O)c1ccc(Cl)cc1Cl. The van der Waals surface area contributed by atoms with Crippen LogP contribution in [0.2, 0.25) is 10.0 Å². The molecule has 0 spiro atoms. The van der Waals surface area contributed by atoms with Crippen LogP contribution in [0, 0.1) is 17.0 Å². The number of amides is 1. The fraction of sp³-hybridized carbons (Fsp3) is 0.105. The largest absolute Gasteiger partial charge is 0.306 e. The molecule has 0 unspecified atom stereocenters. The maximum atomic E-state index is 13.1. The highest BCUT2D eigenvalue weighted by Crippen LogP contribution is 2.28. The minimum Gasteiger partial charge on any atom is -0.306 e. The van der Waals surface area contributed by atoms with Crippen LogP contribution in [0.1, 0.15) is 32.0 Å². The maximum absolute atomic E-state index is 13.1. The molecule has 1 N–H and O–H groups in total. The van der Waals surface area contributed by atoms with Crippen molar-refractivity contribution in [1.29, 1.82) is 0 Å². The summed E-state index contributed by atoms with van der Waals surface area (Å²) in [5.74, 6) is -0.908. The first-order valence-corrected chi connectivity index (χ1v) is 9.03. The van der Waals surface area contributed by atoms with Gasteiger partial charge in [0, 0.05) is 35.3 Å². The molecule has 0 aliphatic rings. The van der Waals surface area contributed by atoms with Crippen molar-refractivity contribution in [2.75, 3.05) is 5.32 Å².